The zero-order chi connectivity index (χ0) is 34.1. The molecule has 0 saturated heterocycles. The summed E-state index contributed by atoms with van der Waals surface area (Å²) in [4.78, 5) is 0. The van der Waals surface area contributed by atoms with Gasteiger partial charge in [0.25, 0.3) is 0 Å². The standard InChI is InChI=1S/C12H8O.2C8H6O.C8H6S.C4H4O.C4H4S/c1-3-7-11-9(5-1)10-6-2-4-8-12(10)13-11;1-2-4-8-6-9-5-7(8)3-1;2*1-2-4-8-7(3-1)5-6-9-8;2*1-2-4-5-3-1/h1-8H;3*1-6H;2*1-4H. The van der Waals surface area contributed by atoms with Gasteiger partial charge in [-0.1, -0.05) is 109 Å². The SMILES string of the molecule is c1ccc2c(c1)oc1ccccc12.c1ccc2cocc2c1.c1ccc2occc2c1.c1ccc2sccc2c1.c1ccoc1.c1ccsc1. The van der Waals surface area contributed by atoms with Crippen molar-refractivity contribution >= 4 is 76.4 Å². The van der Waals surface area contributed by atoms with Crippen molar-refractivity contribution in [2.75, 3.05) is 0 Å². The molecule has 0 radical (unpaired) electrons. The molecule has 0 fully saturated rings. The molecule has 0 saturated carbocycles. The van der Waals surface area contributed by atoms with Crippen LogP contribution in [0.3, 0.4) is 0 Å². The third-order valence-corrected chi connectivity index (χ3v) is 8.77. The molecule has 246 valence electrons. The minimum absolute atomic E-state index is 0.956. The van der Waals surface area contributed by atoms with E-state index in [1.54, 1.807) is 54.0 Å². The van der Waals surface area contributed by atoms with Crippen LogP contribution in [0.1, 0.15) is 0 Å². The monoisotopic (exact) mass is 690 g/mol. The summed E-state index contributed by atoms with van der Waals surface area (Å²) < 4.78 is 21.7. The maximum absolute atomic E-state index is 5.65. The summed E-state index contributed by atoms with van der Waals surface area (Å²) in [5, 5.41) is 13.4. The third-order valence-electron chi connectivity index (χ3n) is 7.24. The van der Waals surface area contributed by atoms with Crippen molar-refractivity contribution < 1.29 is 17.7 Å². The summed E-state index contributed by atoms with van der Waals surface area (Å²) in [5.74, 6) is 0. The summed E-state index contributed by atoms with van der Waals surface area (Å²) in [5.41, 5.74) is 2.88. The van der Waals surface area contributed by atoms with Gasteiger partial charge in [0, 0.05) is 31.6 Å². The van der Waals surface area contributed by atoms with E-state index in [9.17, 15) is 0 Å². The van der Waals surface area contributed by atoms with Crippen LogP contribution in [-0.2, 0) is 0 Å². The lowest BCUT2D eigenvalue weighted by Gasteiger charge is -1.85. The van der Waals surface area contributed by atoms with Crippen molar-refractivity contribution in [3.05, 3.63) is 205 Å². The van der Waals surface area contributed by atoms with Crippen LogP contribution in [0, 0.1) is 0 Å². The van der Waals surface area contributed by atoms with Crippen molar-refractivity contribution in [2.45, 2.75) is 0 Å². The Balaban J connectivity index is 0.000000107. The van der Waals surface area contributed by atoms with Crippen LogP contribution in [-0.4, -0.2) is 0 Å². The van der Waals surface area contributed by atoms with Gasteiger partial charge in [0.15, 0.2) is 0 Å². The number of thiophene rings is 2. The number of rotatable bonds is 0. The van der Waals surface area contributed by atoms with E-state index < -0.39 is 0 Å². The van der Waals surface area contributed by atoms with Crippen LogP contribution in [0.4, 0.5) is 0 Å². The highest BCUT2D eigenvalue weighted by Gasteiger charge is 2.03. The van der Waals surface area contributed by atoms with Gasteiger partial charge >= 0.3 is 0 Å². The quantitative estimate of drug-likeness (QED) is 0.159. The Morgan fingerprint density at radius 3 is 1.44 bits per heavy atom. The normalized spacial score (nSPS) is 10.0. The van der Waals surface area contributed by atoms with Gasteiger partial charge in [0.1, 0.15) is 16.7 Å². The Morgan fingerprint density at radius 1 is 0.360 bits per heavy atom. The summed E-state index contributed by atoms with van der Waals surface area (Å²) in [6, 6.07) is 52.4. The molecule has 11 rings (SSSR count). The van der Waals surface area contributed by atoms with E-state index in [0.29, 0.717) is 0 Å². The van der Waals surface area contributed by atoms with Crippen molar-refractivity contribution in [1.29, 1.82) is 0 Å². The zero-order valence-corrected chi connectivity index (χ0v) is 28.7. The highest BCUT2D eigenvalue weighted by Crippen LogP contribution is 2.27. The molecule has 0 N–H and O–H groups in total. The Kier molecular flexibility index (Phi) is 12.5. The maximum atomic E-state index is 5.65. The summed E-state index contributed by atoms with van der Waals surface area (Å²) >= 11 is 3.50. The smallest absolute Gasteiger partial charge is 0.135 e. The van der Waals surface area contributed by atoms with Gasteiger partial charge in [0.2, 0.25) is 0 Å². The molecule has 0 unspecified atom stereocenters. The molecule has 6 heteroatoms. The second-order valence-corrected chi connectivity index (χ2v) is 12.4. The zero-order valence-electron chi connectivity index (χ0n) is 27.1. The molecule has 0 aliphatic rings. The van der Waals surface area contributed by atoms with Crippen molar-refractivity contribution in [3.8, 4) is 0 Å². The van der Waals surface area contributed by atoms with Crippen molar-refractivity contribution in [1.82, 2.24) is 0 Å². The minimum atomic E-state index is 0.956. The summed E-state index contributed by atoms with van der Waals surface area (Å²) in [7, 11) is 0. The molecule has 0 bridgehead atoms. The minimum Gasteiger partial charge on any atom is -0.473 e. The average molecular weight is 691 g/mol. The van der Waals surface area contributed by atoms with E-state index in [1.807, 2.05) is 126 Å². The predicted octanol–water partition coefficient (Wildman–Crippen LogP) is 14.4. The lowest BCUT2D eigenvalue weighted by atomic mass is 10.2. The largest absolute Gasteiger partial charge is 0.473 e. The molecule has 0 aliphatic heterocycles. The van der Waals surface area contributed by atoms with E-state index in [0.717, 1.165) is 32.9 Å². The van der Waals surface area contributed by atoms with Gasteiger partial charge in [-0.3, -0.25) is 0 Å². The topological polar surface area (TPSA) is 52.6 Å². The first kappa shape index (κ1) is 33.8. The van der Waals surface area contributed by atoms with Crippen LogP contribution in [0.5, 0.6) is 0 Å². The van der Waals surface area contributed by atoms with Gasteiger partial charge < -0.3 is 17.7 Å². The first-order chi connectivity index (χ1) is 24.8. The van der Waals surface area contributed by atoms with Crippen molar-refractivity contribution in [2.24, 2.45) is 0 Å². The predicted molar refractivity (Wildman–Crippen MR) is 211 cm³/mol. The Hall–Kier alpha value is -6.08. The van der Waals surface area contributed by atoms with Gasteiger partial charge in [-0.25, -0.2) is 0 Å². The average Bonchev–Trinajstić information content (AvgIpc) is 4.02. The molecular formula is C44H34O4S2. The molecule has 0 atom stereocenters. The second-order valence-electron chi connectivity index (χ2n) is 10.6. The molecule has 0 amide bonds. The number of hydrogen-bond donors (Lipinski definition) is 0. The van der Waals surface area contributed by atoms with E-state index in [2.05, 4.69) is 52.3 Å². The van der Waals surface area contributed by atoms with E-state index in [4.69, 9.17) is 13.3 Å². The molecule has 5 aromatic carbocycles. The van der Waals surface area contributed by atoms with E-state index in [-0.39, 0.29) is 0 Å². The van der Waals surface area contributed by atoms with Crippen LogP contribution in [0.25, 0.3) is 53.8 Å². The van der Waals surface area contributed by atoms with Crippen LogP contribution >= 0.6 is 22.7 Å². The fourth-order valence-electron chi connectivity index (χ4n) is 4.85. The first-order valence-corrected chi connectivity index (χ1v) is 17.7. The lowest BCUT2D eigenvalue weighted by molar-refractivity contribution is 0.567. The molecule has 0 spiro atoms. The highest BCUT2D eigenvalue weighted by molar-refractivity contribution is 7.17. The van der Waals surface area contributed by atoms with Crippen LogP contribution in [0.2, 0.25) is 0 Å². The van der Waals surface area contributed by atoms with Gasteiger partial charge in [0.05, 0.1) is 31.3 Å². The molecule has 0 aliphatic carbocycles. The summed E-state index contributed by atoms with van der Waals surface area (Å²) in [6.07, 6.45) is 8.44. The second kappa shape index (κ2) is 18.5. The number of para-hydroxylation sites is 3. The Labute approximate surface area is 298 Å². The first-order valence-electron chi connectivity index (χ1n) is 15.9. The Morgan fingerprint density at radius 2 is 0.900 bits per heavy atom. The third kappa shape index (κ3) is 9.73. The maximum Gasteiger partial charge on any atom is 0.135 e. The van der Waals surface area contributed by atoms with Crippen LogP contribution in [0.15, 0.2) is 223 Å². The molecule has 6 aromatic heterocycles. The summed E-state index contributed by atoms with van der Waals surface area (Å²) in [6.45, 7) is 0. The van der Waals surface area contributed by atoms with E-state index in [1.165, 1.54) is 20.9 Å². The molecule has 4 nitrogen and oxygen atoms in total. The fourth-order valence-corrected chi connectivity index (χ4v) is 6.09. The van der Waals surface area contributed by atoms with Gasteiger partial charge in [-0.05, 0) is 70.1 Å². The lowest BCUT2D eigenvalue weighted by Crippen LogP contribution is -1.62. The highest BCUT2D eigenvalue weighted by atomic mass is 32.1. The van der Waals surface area contributed by atoms with E-state index >= 15 is 0 Å². The van der Waals surface area contributed by atoms with Crippen molar-refractivity contribution in [3.63, 3.8) is 0 Å². The molecule has 50 heavy (non-hydrogen) atoms. The number of furan rings is 4. The number of fused-ring (bicyclic) bond motifs is 6. The Bertz CT molecular complexity index is 2160. The van der Waals surface area contributed by atoms with Crippen LogP contribution < -0.4 is 0 Å². The van der Waals surface area contributed by atoms with Gasteiger partial charge in [-0.2, -0.15) is 11.3 Å². The molecule has 11 aromatic rings. The van der Waals surface area contributed by atoms with Gasteiger partial charge in [-0.15, -0.1) is 11.3 Å². The molecular weight excluding hydrogens is 657 g/mol. The fraction of sp³-hybridized carbons (Fsp3) is 0. The number of hydrogen-bond acceptors (Lipinski definition) is 6. The molecule has 6 heterocycles. The number of benzene rings is 5.